The largest absolute Gasteiger partial charge is 0.504 e. The molecule has 0 spiro atoms. The number of Topliss-reactive ketones (excluding diaryl/α,β-unsaturated/α-hetero) is 1. The molecule has 21 heavy (non-hydrogen) atoms. The fraction of sp³-hybridized carbons (Fsp3) is 0.471. The summed E-state index contributed by atoms with van der Waals surface area (Å²) in [6, 6.07) is 5.84. The topological polar surface area (TPSA) is 58.6 Å². The lowest BCUT2D eigenvalue weighted by atomic mass is 9.81. The number of hydrogen-bond donors (Lipinski definition) is 2. The van der Waals surface area contributed by atoms with Crippen LogP contribution in [0.5, 0.6) is 11.5 Å². The maximum absolute atomic E-state index is 11.6. The maximum atomic E-state index is 11.6. The maximum Gasteiger partial charge on any atom is 0.160 e. The summed E-state index contributed by atoms with van der Waals surface area (Å²) in [5.74, 6) is 1.05. The van der Waals surface area contributed by atoms with E-state index < -0.39 is 0 Å². The van der Waals surface area contributed by atoms with E-state index in [2.05, 4.69) is 5.32 Å². The number of aromatic hydroxyl groups is 1. The monoisotopic (exact) mass is 287 g/mol. The van der Waals surface area contributed by atoms with Crippen molar-refractivity contribution in [3.8, 4) is 11.5 Å². The average Bonchev–Trinajstić information content (AvgIpc) is 2.47. The molecule has 0 saturated carbocycles. The van der Waals surface area contributed by atoms with Crippen molar-refractivity contribution in [1.29, 1.82) is 0 Å². The number of carbonyl (C=O) groups excluding carboxylic acids is 1. The highest BCUT2D eigenvalue weighted by molar-refractivity contribution is 5.83. The van der Waals surface area contributed by atoms with Gasteiger partial charge < -0.3 is 15.2 Å². The minimum absolute atomic E-state index is 0.179. The van der Waals surface area contributed by atoms with Crippen LogP contribution >= 0.6 is 0 Å². The van der Waals surface area contributed by atoms with Gasteiger partial charge in [0.2, 0.25) is 0 Å². The molecule has 2 N–H and O–H groups in total. The zero-order valence-corrected chi connectivity index (χ0v) is 12.3. The van der Waals surface area contributed by atoms with Gasteiger partial charge in [0.1, 0.15) is 5.78 Å². The summed E-state index contributed by atoms with van der Waals surface area (Å²) in [5, 5.41) is 13.4. The van der Waals surface area contributed by atoms with Crippen molar-refractivity contribution in [2.45, 2.75) is 38.1 Å². The van der Waals surface area contributed by atoms with Crippen molar-refractivity contribution < 1.29 is 14.6 Å². The van der Waals surface area contributed by atoms with Crippen LogP contribution in [0.3, 0.4) is 0 Å². The van der Waals surface area contributed by atoms with Crippen LogP contribution < -0.4 is 10.1 Å². The predicted molar refractivity (Wildman–Crippen MR) is 80.7 cm³/mol. The van der Waals surface area contributed by atoms with Gasteiger partial charge in [0.15, 0.2) is 11.5 Å². The van der Waals surface area contributed by atoms with Crippen molar-refractivity contribution in [3.05, 3.63) is 34.9 Å². The fourth-order valence-corrected chi connectivity index (χ4v) is 3.37. The molecular weight excluding hydrogens is 266 g/mol. The molecule has 4 heteroatoms. The second kappa shape index (κ2) is 5.90. The minimum Gasteiger partial charge on any atom is -0.504 e. The fourth-order valence-electron chi connectivity index (χ4n) is 3.37. The number of ketones is 1. The van der Waals surface area contributed by atoms with Crippen LogP contribution in [0.1, 0.15) is 31.2 Å². The Morgan fingerprint density at radius 2 is 2.19 bits per heavy atom. The summed E-state index contributed by atoms with van der Waals surface area (Å²) >= 11 is 0. The molecule has 1 aliphatic carbocycles. The molecule has 0 saturated heterocycles. The predicted octanol–water partition coefficient (Wildman–Crippen LogP) is 2.35. The van der Waals surface area contributed by atoms with E-state index in [1.165, 1.54) is 11.1 Å². The van der Waals surface area contributed by atoms with Gasteiger partial charge in [-0.15, -0.1) is 0 Å². The first-order valence-corrected chi connectivity index (χ1v) is 7.49. The molecule has 2 aliphatic rings. The molecule has 1 aliphatic heterocycles. The van der Waals surface area contributed by atoms with E-state index in [4.69, 9.17) is 4.74 Å². The quantitative estimate of drug-likeness (QED) is 0.838. The number of nitrogens with one attached hydrogen (secondary N) is 1. The van der Waals surface area contributed by atoms with Gasteiger partial charge in [0, 0.05) is 18.9 Å². The first-order valence-electron chi connectivity index (χ1n) is 7.49. The summed E-state index contributed by atoms with van der Waals surface area (Å²) in [7, 11) is 1.55. The molecule has 1 unspecified atom stereocenters. The van der Waals surface area contributed by atoms with Crippen LogP contribution in [0, 0.1) is 0 Å². The van der Waals surface area contributed by atoms with Crippen LogP contribution in [0.25, 0.3) is 0 Å². The number of ether oxygens (including phenoxy) is 1. The highest BCUT2D eigenvalue weighted by atomic mass is 16.5. The van der Waals surface area contributed by atoms with Crippen LogP contribution in [0.4, 0.5) is 0 Å². The number of carbonyl (C=O) groups is 1. The van der Waals surface area contributed by atoms with Crippen molar-refractivity contribution in [2.24, 2.45) is 0 Å². The molecule has 3 rings (SSSR count). The van der Waals surface area contributed by atoms with Crippen LogP contribution in [-0.4, -0.2) is 30.6 Å². The standard InChI is InChI=1S/C17H21NO3/c1-21-17-5-2-11(9-16(17)20)8-15-14-4-3-13(19)10-12(14)6-7-18-15/h2,5,9,15,18,20H,3-4,6-8,10H2,1H3. The van der Waals surface area contributed by atoms with Gasteiger partial charge in [0.25, 0.3) is 0 Å². The van der Waals surface area contributed by atoms with E-state index in [0.29, 0.717) is 24.4 Å². The summed E-state index contributed by atoms with van der Waals surface area (Å²) in [5.41, 5.74) is 3.83. The van der Waals surface area contributed by atoms with E-state index in [0.717, 1.165) is 31.4 Å². The van der Waals surface area contributed by atoms with Crippen molar-refractivity contribution in [1.82, 2.24) is 5.32 Å². The molecule has 1 aromatic carbocycles. The number of hydrogen-bond acceptors (Lipinski definition) is 4. The number of benzene rings is 1. The van der Waals surface area contributed by atoms with E-state index in [1.807, 2.05) is 6.07 Å². The van der Waals surface area contributed by atoms with E-state index in [-0.39, 0.29) is 11.8 Å². The molecule has 0 radical (unpaired) electrons. The molecule has 1 heterocycles. The lowest BCUT2D eigenvalue weighted by Crippen LogP contribution is -2.40. The Bertz CT molecular complexity index is 592. The SMILES string of the molecule is COc1ccc(CC2NCCC3=C2CCC(=O)C3)cc1O. The molecule has 4 nitrogen and oxygen atoms in total. The molecule has 112 valence electrons. The first-order chi connectivity index (χ1) is 10.2. The number of phenols is 1. The summed E-state index contributed by atoms with van der Waals surface area (Å²) < 4.78 is 5.08. The first kappa shape index (κ1) is 14.1. The Hall–Kier alpha value is -1.81. The normalized spacial score (nSPS) is 22.1. The third kappa shape index (κ3) is 2.95. The molecular formula is C17H21NO3. The van der Waals surface area contributed by atoms with Gasteiger partial charge in [-0.2, -0.15) is 0 Å². The van der Waals surface area contributed by atoms with Gasteiger partial charge in [0.05, 0.1) is 7.11 Å². The Balaban J connectivity index is 1.79. The van der Waals surface area contributed by atoms with Crippen LogP contribution in [0.15, 0.2) is 29.3 Å². The summed E-state index contributed by atoms with van der Waals surface area (Å²) in [4.78, 5) is 11.6. The minimum atomic E-state index is 0.179. The van der Waals surface area contributed by atoms with Crippen LogP contribution in [-0.2, 0) is 11.2 Å². The lowest BCUT2D eigenvalue weighted by molar-refractivity contribution is -0.118. The second-order valence-corrected chi connectivity index (χ2v) is 5.81. The Morgan fingerprint density at radius 3 is 2.95 bits per heavy atom. The molecule has 0 bridgehead atoms. The number of methoxy groups -OCH3 is 1. The summed E-state index contributed by atoms with van der Waals surface area (Å²) in [6.45, 7) is 0.929. The van der Waals surface area contributed by atoms with E-state index in [9.17, 15) is 9.90 Å². The van der Waals surface area contributed by atoms with Gasteiger partial charge in [-0.25, -0.2) is 0 Å². The number of phenolic OH excluding ortho intramolecular Hbond substituents is 1. The molecule has 0 amide bonds. The van der Waals surface area contributed by atoms with Crippen molar-refractivity contribution >= 4 is 5.78 Å². The van der Waals surface area contributed by atoms with Crippen LogP contribution in [0.2, 0.25) is 0 Å². The highest BCUT2D eigenvalue weighted by Crippen LogP contribution is 2.32. The zero-order chi connectivity index (χ0) is 14.8. The molecule has 0 aromatic heterocycles. The van der Waals surface area contributed by atoms with E-state index >= 15 is 0 Å². The third-order valence-electron chi connectivity index (χ3n) is 4.46. The van der Waals surface area contributed by atoms with Gasteiger partial charge in [-0.3, -0.25) is 4.79 Å². The summed E-state index contributed by atoms with van der Waals surface area (Å²) in [6.07, 6.45) is 4.02. The van der Waals surface area contributed by atoms with E-state index in [1.54, 1.807) is 19.2 Å². The lowest BCUT2D eigenvalue weighted by Gasteiger charge is -2.32. The molecule has 1 aromatic rings. The zero-order valence-electron chi connectivity index (χ0n) is 12.3. The Morgan fingerprint density at radius 1 is 1.33 bits per heavy atom. The number of rotatable bonds is 3. The third-order valence-corrected chi connectivity index (χ3v) is 4.46. The van der Waals surface area contributed by atoms with Crippen molar-refractivity contribution in [2.75, 3.05) is 13.7 Å². The van der Waals surface area contributed by atoms with Gasteiger partial charge in [-0.05, 0) is 43.5 Å². The van der Waals surface area contributed by atoms with Gasteiger partial charge >= 0.3 is 0 Å². The Kier molecular flexibility index (Phi) is 3.97. The smallest absolute Gasteiger partial charge is 0.160 e. The molecule has 1 atom stereocenters. The second-order valence-electron chi connectivity index (χ2n) is 5.81. The van der Waals surface area contributed by atoms with Crippen molar-refractivity contribution in [3.63, 3.8) is 0 Å². The van der Waals surface area contributed by atoms with Gasteiger partial charge in [-0.1, -0.05) is 17.2 Å². The average molecular weight is 287 g/mol. The molecule has 0 fully saturated rings. The highest BCUT2D eigenvalue weighted by Gasteiger charge is 2.27. The Labute approximate surface area is 124 Å².